The quantitative estimate of drug-likeness (QED) is 0.677. The molecule has 0 aromatic heterocycles. The van der Waals surface area contributed by atoms with Gasteiger partial charge in [0, 0.05) is 19.1 Å². The average Bonchev–Trinajstić information content (AvgIpc) is 3.14. The fraction of sp³-hybridized carbons (Fsp3) is 0.938. The van der Waals surface area contributed by atoms with Crippen molar-refractivity contribution in [3.8, 4) is 0 Å². The number of hydrogen-bond donors (Lipinski definition) is 2. The molecule has 2 rings (SSSR count). The van der Waals surface area contributed by atoms with Crippen molar-refractivity contribution in [3.63, 3.8) is 0 Å². The number of nitrogens with two attached hydrogens (primary N) is 1. The Balaban J connectivity index is 2.05. The van der Waals surface area contributed by atoms with Crippen LogP contribution in [0.5, 0.6) is 0 Å². The van der Waals surface area contributed by atoms with Crippen molar-refractivity contribution in [2.45, 2.75) is 64.5 Å². The monoisotopic (exact) mass is 281 g/mol. The number of nitrogens with zero attached hydrogens (tertiary/aromatic N) is 1. The van der Waals surface area contributed by atoms with Crippen LogP contribution in [0.2, 0.25) is 0 Å². The minimum absolute atomic E-state index is 0.166. The summed E-state index contributed by atoms with van der Waals surface area (Å²) < 4.78 is 0. The molecule has 2 saturated carbocycles. The highest BCUT2D eigenvalue weighted by atomic mass is 16.1. The summed E-state index contributed by atoms with van der Waals surface area (Å²) in [5.41, 5.74) is 5.29. The van der Waals surface area contributed by atoms with Crippen molar-refractivity contribution < 1.29 is 4.79 Å². The molecule has 4 heteroatoms. The number of carbonyl (C=O) groups excluding carboxylic acids is 1. The van der Waals surface area contributed by atoms with Gasteiger partial charge in [0.05, 0.1) is 0 Å². The third-order valence-electron chi connectivity index (χ3n) is 4.92. The molecule has 20 heavy (non-hydrogen) atoms. The Morgan fingerprint density at radius 3 is 2.35 bits per heavy atom. The number of hydrogen-bond acceptors (Lipinski definition) is 3. The van der Waals surface area contributed by atoms with E-state index >= 15 is 0 Å². The van der Waals surface area contributed by atoms with Gasteiger partial charge in [-0.2, -0.15) is 0 Å². The van der Waals surface area contributed by atoms with Gasteiger partial charge in [-0.15, -0.1) is 0 Å². The second-order valence-electron chi connectivity index (χ2n) is 7.03. The summed E-state index contributed by atoms with van der Waals surface area (Å²) >= 11 is 0. The van der Waals surface area contributed by atoms with Crippen molar-refractivity contribution in [1.82, 2.24) is 10.2 Å². The molecule has 4 nitrogen and oxygen atoms in total. The number of carbonyl (C=O) groups is 1. The van der Waals surface area contributed by atoms with Crippen LogP contribution in [0.1, 0.15) is 52.9 Å². The van der Waals surface area contributed by atoms with Gasteiger partial charge in [-0.25, -0.2) is 0 Å². The molecule has 0 heterocycles. The maximum absolute atomic E-state index is 12.2. The van der Waals surface area contributed by atoms with Gasteiger partial charge in [-0.3, -0.25) is 10.1 Å². The Kier molecular flexibility index (Phi) is 5.08. The Morgan fingerprint density at radius 2 is 2.00 bits per heavy atom. The molecule has 2 aliphatic rings. The predicted molar refractivity (Wildman–Crippen MR) is 82.4 cm³/mol. The lowest BCUT2D eigenvalue weighted by atomic mass is 9.84. The molecule has 0 spiro atoms. The van der Waals surface area contributed by atoms with E-state index in [4.69, 9.17) is 5.73 Å². The van der Waals surface area contributed by atoms with Gasteiger partial charge in [0.2, 0.25) is 5.91 Å². The lowest BCUT2D eigenvalue weighted by molar-refractivity contribution is -0.126. The molecule has 1 atom stereocenters. The van der Waals surface area contributed by atoms with Crippen LogP contribution in [-0.2, 0) is 4.79 Å². The van der Waals surface area contributed by atoms with E-state index in [1.165, 1.54) is 19.3 Å². The highest BCUT2D eigenvalue weighted by Crippen LogP contribution is 2.41. The van der Waals surface area contributed by atoms with Crippen LogP contribution in [0.15, 0.2) is 0 Å². The second-order valence-corrected chi connectivity index (χ2v) is 7.03. The summed E-state index contributed by atoms with van der Waals surface area (Å²) in [6.45, 7) is 9.28. The number of amides is 1. The highest BCUT2D eigenvalue weighted by Gasteiger charge is 2.50. The molecule has 1 amide bonds. The maximum Gasteiger partial charge on any atom is 0.239 e. The first-order valence-electron chi connectivity index (χ1n) is 8.28. The van der Waals surface area contributed by atoms with Gasteiger partial charge in [-0.05, 0) is 57.9 Å². The number of rotatable bonds is 9. The molecule has 0 aromatic rings. The summed E-state index contributed by atoms with van der Waals surface area (Å²) in [5.74, 6) is 1.09. The average molecular weight is 281 g/mol. The van der Waals surface area contributed by atoms with E-state index in [2.05, 4.69) is 31.0 Å². The maximum atomic E-state index is 12.2. The smallest absolute Gasteiger partial charge is 0.239 e. The van der Waals surface area contributed by atoms with Crippen molar-refractivity contribution in [3.05, 3.63) is 0 Å². The van der Waals surface area contributed by atoms with E-state index < -0.39 is 5.54 Å². The molecular formula is C16H31N3O. The molecule has 3 N–H and O–H groups in total. The molecule has 1 unspecified atom stereocenters. The first kappa shape index (κ1) is 15.8. The Morgan fingerprint density at radius 1 is 1.35 bits per heavy atom. The molecular weight excluding hydrogens is 250 g/mol. The first-order valence-corrected chi connectivity index (χ1v) is 8.28. The van der Waals surface area contributed by atoms with E-state index in [1.54, 1.807) is 0 Å². The molecule has 0 aromatic carbocycles. The summed E-state index contributed by atoms with van der Waals surface area (Å²) in [6, 6.07) is 0.283. The van der Waals surface area contributed by atoms with Gasteiger partial charge >= 0.3 is 0 Å². The molecule has 0 saturated heterocycles. The number of likely N-dealkylation sites (N-methyl/N-ethyl adjacent to an activating group) is 1. The standard InChI is InChI=1S/C16H31N3O/c1-4-19(10-13-6-5-7-13)11-16(15(17)20,14-8-9-14)18-12(2)3/h12-14,18H,4-11H2,1-3H3,(H2,17,20). The minimum Gasteiger partial charge on any atom is -0.368 e. The number of primary amides is 1. The van der Waals surface area contributed by atoms with E-state index in [0.717, 1.165) is 38.4 Å². The molecule has 2 fully saturated rings. The van der Waals surface area contributed by atoms with Gasteiger partial charge in [0.15, 0.2) is 0 Å². The van der Waals surface area contributed by atoms with E-state index in [0.29, 0.717) is 5.92 Å². The Hall–Kier alpha value is -0.610. The Bertz CT molecular complexity index is 337. The largest absolute Gasteiger partial charge is 0.368 e. The van der Waals surface area contributed by atoms with Crippen LogP contribution in [0, 0.1) is 11.8 Å². The topological polar surface area (TPSA) is 58.4 Å². The molecule has 0 radical (unpaired) electrons. The van der Waals surface area contributed by atoms with Crippen LogP contribution in [0.4, 0.5) is 0 Å². The summed E-state index contributed by atoms with van der Waals surface area (Å²) in [5, 5.41) is 3.51. The zero-order valence-corrected chi connectivity index (χ0v) is 13.3. The molecule has 2 aliphatic carbocycles. The highest BCUT2D eigenvalue weighted by molar-refractivity contribution is 5.86. The van der Waals surface area contributed by atoms with E-state index in [9.17, 15) is 4.79 Å². The third-order valence-corrected chi connectivity index (χ3v) is 4.92. The minimum atomic E-state index is -0.520. The second kappa shape index (κ2) is 6.44. The molecule has 0 bridgehead atoms. The van der Waals surface area contributed by atoms with Crippen molar-refractivity contribution in [2.75, 3.05) is 19.6 Å². The third kappa shape index (κ3) is 3.53. The van der Waals surface area contributed by atoms with Gasteiger partial charge < -0.3 is 10.6 Å². The van der Waals surface area contributed by atoms with Crippen LogP contribution < -0.4 is 11.1 Å². The first-order chi connectivity index (χ1) is 9.48. The van der Waals surface area contributed by atoms with E-state index in [-0.39, 0.29) is 11.9 Å². The number of nitrogens with one attached hydrogen (secondary N) is 1. The molecule has 116 valence electrons. The summed E-state index contributed by atoms with van der Waals surface area (Å²) in [7, 11) is 0. The zero-order valence-electron chi connectivity index (χ0n) is 13.3. The lowest BCUT2D eigenvalue weighted by Crippen LogP contribution is -2.65. The van der Waals surface area contributed by atoms with E-state index in [1.807, 2.05) is 0 Å². The van der Waals surface area contributed by atoms with Crippen molar-refractivity contribution in [1.29, 1.82) is 0 Å². The van der Waals surface area contributed by atoms with Crippen LogP contribution in [-0.4, -0.2) is 42.0 Å². The zero-order chi connectivity index (χ0) is 14.8. The molecule has 0 aliphatic heterocycles. The van der Waals surface area contributed by atoms with Crippen LogP contribution in [0.3, 0.4) is 0 Å². The fourth-order valence-electron chi connectivity index (χ4n) is 3.43. The SMILES string of the molecule is CCN(CC1CCC1)CC(NC(C)C)(C(N)=O)C1CC1. The normalized spacial score (nSPS) is 22.9. The lowest BCUT2D eigenvalue weighted by Gasteiger charge is -2.40. The van der Waals surface area contributed by atoms with Gasteiger partial charge in [0.1, 0.15) is 5.54 Å². The predicted octanol–water partition coefficient (Wildman–Crippen LogP) is 1.74. The summed E-state index contributed by atoms with van der Waals surface area (Å²) in [6.07, 6.45) is 6.32. The van der Waals surface area contributed by atoms with Crippen LogP contribution >= 0.6 is 0 Å². The van der Waals surface area contributed by atoms with Gasteiger partial charge in [-0.1, -0.05) is 13.3 Å². The van der Waals surface area contributed by atoms with Crippen molar-refractivity contribution in [2.24, 2.45) is 17.6 Å². The van der Waals surface area contributed by atoms with Crippen LogP contribution in [0.25, 0.3) is 0 Å². The van der Waals surface area contributed by atoms with Gasteiger partial charge in [0.25, 0.3) is 0 Å². The summed E-state index contributed by atoms with van der Waals surface area (Å²) in [4.78, 5) is 14.6. The van der Waals surface area contributed by atoms with Crippen molar-refractivity contribution >= 4 is 5.91 Å². The fourth-order valence-corrected chi connectivity index (χ4v) is 3.43. The Labute approximate surface area is 123 Å².